The number of carbonyl (C=O) groups excluding carboxylic acids is 2. The minimum atomic E-state index is -0.898. The molecule has 0 spiro atoms. The molecule has 2 saturated heterocycles. The van der Waals surface area contributed by atoms with Crippen molar-refractivity contribution in [3.63, 3.8) is 0 Å². The summed E-state index contributed by atoms with van der Waals surface area (Å²) in [5.41, 5.74) is 0.296. The summed E-state index contributed by atoms with van der Waals surface area (Å²) in [6.07, 6.45) is 1.56. The zero-order valence-electron chi connectivity index (χ0n) is 17.7. The van der Waals surface area contributed by atoms with Gasteiger partial charge in [0.15, 0.2) is 0 Å². The third-order valence-corrected chi connectivity index (χ3v) is 5.69. The van der Waals surface area contributed by atoms with Crippen LogP contribution in [-0.2, 0) is 14.3 Å². The molecule has 9 heteroatoms. The van der Waals surface area contributed by atoms with E-state index in [0.717, 1.165) is 19.2 Å². The number of hydrogen-bond donors (Lipinski definition) is 1. The second-order valence-corrected chi connectivity index (χ2v) is 7.55. The van der Waals surface area contributed by atoms with Crippen LogP contribution in [0.1, 0.15) is 17.3 Å². The first-order valence-electron chi connectivity index (χ1n) is 10.3. The highest BCUT2D eigenvalue weighted by Gasteiger charge is 2.47. The van der Waals surface area contributed by atoms with Gasteiger partial charge >= 0.3 is 0 Å². The molecule has 1 amide bonds. The largest absolute Gasteiger partial charge is 0.507 e. The number of likely N-dealkylation sites (tertiary alicyclic amines) is 1. The van der Waals surface area contributed by atoms with Crippen molar-refractivity contribution in [1.29, 1.82) is 0 Å². The minimum absolute atomic E-state index is 0.000361. The molecule has 168 valence electrons. The summed E-state index contributed by atoms with van der Waals surface area (Å²) in [5.74, 6) is -2.49. The molecule has 0 unspecified atom stereocenters. The Morgan fingerprint density at radius 1 is 1.22 bits per heavy atom. The monoisotopic (exact) mass is 441 g/mol. The third-order valence-electron chi connectivity index (χ3n) is 5.69. The number of aliphatic hydroxyl groups excluding tert-OH is 1. The number of halogens is 1. The number of aromatic nitrogens is 1. The number of amides is 1. The fourth-order valence-electron chi connectivity index (χ4n) is 4.04. The molecule has 1 atom stereocenters. The van der Waals surface area contributed by atoms with Gasteiger partial charge in [-0.05, 0) is 30.3 Å². The van der Waals surface area contributed by atoms with Crippen molar-refractivity contribution in [2.75, 3.05) is 46.5 Å². The van der Waals surface area contributed by atoms with Crippen LogP contribution in [-0.4, -0.2) is 78.1 Å². The maximum atomic E-state index is 13.9. The summed E-state index contributed by atoms with van der Waals surface area (Å²) in [7, 11) is 1.38. The first-order valence-corrected chi connectivity index (χ1v) is 10.3. The van der Waals surface area contributed by atoms with Crippen LogP contribution in [0.25, 0.3) is 5.76 Å². The second kappa shape index (κ2) is 9.46. The van der Waals surface area contributed by atoms with Gasteiger partial charge in [-0.1, -0.05) is 6.07 Å². The van der Waals surface area contributed by atoms with E-state index in [9.17, 15) is 19.1 Å². The molecule has 1 aromatic carbocycles. The number of aliphatic hydroxyl groups is 1. The van der Waals surface area contributed by atoms with E-state index in [1.807, 2.05) is 0 Å². The molecule has 2 aliphatic rings. The molecule has 8 nitrogen and oxygen atoms in total. The van der Waals surface area contributed by atoms with Gasteiger partial charge in [-0.25, -0.2) is 4.39 Å². The predicted octanol–water partition coefficient (Wildman–Crippen LogP) is 1.98. The van der Waals surface area contributed by atoms with Gasteiger partial charge in [-0.3, -0.25) is 19.5 Å². The average Bonchev–Trinajstić information content (AvgIpc) is 3.08. The van der Waals surface area contributed by atoms with E-state index in [4.69, 9.17) is 9.47 Å². The van der Waals surface area contributed by atoms with E-state index >= 15 is 0 Å². The summed E-state index contributed by atoms with van der Waals surface area (Å²) in [4.78, 5) is 33.9. The molecule has 1 N–H and O–H groups in total. The van der Waals surface area contributed by atoms with E-state index in [1.165, 1.54) is 24.1 Å². The SMILES string of the molecule is COc1ccc(F)cc1C(O)=C1C(=O)C(=O)N(CCN2CCOCC2)[C@@H]1c1ccccn1. The molecule has 2 aliphatic heterocycles. The Labute approximate surface area is 184 Å². The Kier molecular flexibility index (Phi) is 6.48. The molecule has 0 bridgehead atoms. The smallest absolute Gasteiger partial charge is 0.295 e. The van der Waals surface area contributed by atoms with E-state index in [2.05, 4.69) is 9.88 Å². The van der Waals surface area contributed by atoms with Crippen molar-refractivity contribution in [3.8, 4) is 5.75 Å². The van der Waals surface area contributed by atoms with Gasteiger partial charge in [0.05, 0.1) is 37.2 Å². The normalized spacial score (nSPS) is 21.2. The fraction of sp³-hybridized carbons (Fsp3) is 0.348. The Morgan fingerprint density at radius 2 is 2.00 bits per heavy atom. The summed E-state index contributed by atoms with van der Waals surface area (Å²) >= 11 is 0. The van der Waals surface area contributed by atoms with Crippen molar-refractivity contribution in [2.45, 2.75) is 6.04 Å². The molecule has 32 heavy (non-hydrogen) atoms. The van der Waals surface area contributed by atoms with Crippen LogP contribution in [0.3, 0.4) is 0 Å². The molecule has 0 aliphatic carbocycles. The van der Waals surface area contributed by atoms with Gasteiger partial charge in [-0.15, -0.1) is 0 Å². The average molecular weight is 441 g/mol. The summed E-state index contributed by atoms with van der Waals surface area (Å²) in [5, 5.41) is 11.1. The third kappa shape index (κ3) is 4.21. The Balaban J connectivity index is 1.76. The van der Waals surface area contributed by atoms with Crippen LogP contribution in [0.15, 0.2) is 48.2 Å². The molecule has 0 radical (unpaired) electrons. The van der Waals surface area contributed by atoms with Crippen LogP contribution in [0.5, 0.6) is 5.75 Å². The lowest BCUT2D eigenvalue weighted by molar-refractivity contribution is -0.140. The lowest BCUT2D eigenvalue weighted by Gasteiger charge is -2.30. The van der Waals surface area contributed by atoms with Crippen LogP contribution in [0.4, 0.5) is 4.39 Å². The van der Waals surface area contributed by atoms with E-state index < -0.39 is 29.3 Å². The molecule has 2 fully saturated rings. The zero-order chi connectivity index (χ0) is 22.7. The number of morpholine rings is 1. The Morgan fingerprint density at radius 3 is 2.69 bits per heavy atom. The molecule has 0 saturated carbocycles. The highest BCUT2D eigenvalue weighted by molar-refractivity contribution is 6.46. The number of rotatable bonds is 6. The molecule has 1 aromatic heterocycles. The van der Waals surface area contributed by atoms with Gasteiger partial charge in [0.2, 0.25) is 0 Å². The summed E-state index contributed by atoms with van der Waals surface area (Å²) < 4.78 is 24.5. The van der Waals surface area contributed by atoms with Crippen molar-refractivity contribution in [1.82, 2.24) is 14.8 Å². The zero-order valence-corrected chi connectivity index (χ0v) is 17.7. The Bertz CT molecular complexity index is 1040. The number of pyridine rings is 1. The van der Waals surface area contributed by atoms with Gasteiger partial charge in [0, 0.05) is 32.4 Å². The summed E-state index contributed by atoms with van der Waals surface area (Å²) in [6.45, 7) is 3.51. The van der Waals surface area contributed by atoms with Crippen LogP contribution < -0.4 is 4.74 Å². The fourth-order valence-corrected chi connectivity index (χ4v) is 4.04. The number of nitrogens with zero attached hydrogens (tertiary/aromatic N) is 3. The lowest BCUT2D eigenvalue weighted by atomic mass is 9.97. The van der Waals surface area contributed by atoms with E-state index in [1.54, 1.807) is 24.4 Å². The molecule has 3 heterocycles. The quantitative estimate of drug-likeness (QED) is 0.416. The summed E-state index contributed by atoms with van der Waals surface area (Å²) in [6, 6.07) is 7.87. The highest BCUT2D eigenvalue weighted by Crippen LogP contribution is 2.40. The van der Waals surface area contributed by atoms with Crippen molar-refractivity contribution in [2.24, 2.45) is 0 Å². The predicted molar refractivity (Wildman–Crippen MR) is 113 cm³/mol. The second-order valence-electron chi connectivity index (χ2n) is 7.55. The minimum Gasteiger partial charge on any atom is -0.507 e. The number of methoxy groups -OCH3 is 1. The maximum Gasteiger partial charge on any atom is 0.295 e. The van der Waals surface area contributed by atoms with E-state index in [-0.39, 0.29) is 23.4 Å². The Hall–Kier alpha value is -3.30. The number of ketones is 1. The van der Waals surface area contributed by atoms with Crippen molar-refractivity contribution in [3.05, 3.63) is 65.2 Å². The molecular formula is C23H24FN3O5. The lowest BCUT2D eigenvalue weighted by Crippen LogP contribution is -2.42. The topological polar surface area (TPSA) is 92.2 Å². The van der Waals surface area contributed by atoms with Gasteiger partial charge in [-0.2, -0.15) is 0 Å². The number of ether oxygens (including phenoxy) is 2. The number of benzene rings is 1. The van der Waals surface area contributed by atoms with Crippen LogP contribution >= 0.6 is 0 Å². The number of Topliss-reactive ketones (excluding diaryl/α,β-unsaturated/α-hetero) is 1. The number of hydrogen-bond acceptors (Lipinski definition) is 7. The van der Waals surface area contributed by atoms with Crippen LogP contribution in [0.2, 0.25) is 0 Å². The first-order chi connectivity index (χ1) is 15.5. The number of carbonyl (C=O) groups is 2. The molecule has 4 rings (SSSR count). The van der Waals surface area contributed by atoms with Gasteiger partial charge < -0.3 is 19.5 Å². The molecule has 2 aromatic rings. The van der Waals surface area contributed by atoms with Gasteiger partial charge in [0.25, 0.3) is 11.7 Å². The van der Waals surface area contributed by atoms with Gasteiger partial charge in [0.1, 0.15) is 23.4 Å². The maximum absolute atomic E-state index is 13.9. The van der Waals surface area contributed by atoms with Crippen molar-refractivity contribution >= 4 is 17.4 Å². The van der Waals surface area contributed by atoms with E-state index in [0.29, 0.717) is 25.5 Å². The molecular weight excluding hydrogens is 417 g/mol. The highest BCUT2D eigenvalue weighted by atomic mass is 19.1. The first kappa shape index (κ1) is 21.9. The van der Waals surface area contributed by atoms with Crippen LogP contribution in [0, 0.1) is 5.82 Å². The van der Waals surface area contributed by atoms with Crippen molar-refractivity contribution < 1.29 is 28.6 Å². The standard InChI is InChI=1S/C23H24FN3O5/c1-31-18-6-5-15(24)14-16(18)21(28)19-20(17-4-2-3-7-25-17)27(23(30)22(19)29)9-8-26-10-12-32-13-11-26/h2-7,14,20,28H,8-13H2,1H3/t20-/m1/s1.